The summed E-state index contributed by atoms with van der Waals surface area (Å²) in [6.45, 7) is 19.8. The number of halogens is 1. The lowest BCUT2D eigenvalue weighted by atomic mass is 9.86. The van der Waals surface area contributed by atoms with Crippen LogP contribution in [0.15, 0.2) is 28.7 Å². The summed E-state index contributed by atoms with van der Waals surface area (Å²) in [5.41, 5.74) is 6.55. The van der Waals surface area contributed by atoms with E-state index in [0.29, 0.717) is 0 Å². The number of hydrogen-bond donors (Lipinski definition) is 0. The van der Waals surface area contributed by atoms with Gasteiger partial charge in [0.1, 0.15) is 0 Å². The molecule has 0 aliphatic rings. The molecular weight excluding hydrogens is 380 g/mol. The van der Waals surface area contributed by atoms with Gasteiger partial charge in [0.15, 0.2) is 0 Å². The SMILES string of the molecule is Cc1cc(C)c(-c2cc(C(C)(C)C)[o+]c(C(C)(C)C)c2)c(C)c1.[O-][Cl+3]([O-])([O-])[O-]. The van der Waals surface area contributed by atoms with E-state index in [1.807, 2.05) is 0 Å². The summed E-state index contributed by atoms with van der Waals surface area (Å²) in [4.78, 5) is 0. The molecule has 1 aromatic carbocycles. The van der Waals surface area contributed by atoms with Crippen molar-refractivity contribution in [2.24, 2.45) is 0 Å². The fourth-order valence-electron chi connectivity index (χ4n) is 3.02. The van der Waals surface area contributed by atoms with Gasteiger partial charge < -0.3 is 0 Å². The van der Waals surface area contributed by atoms with Crippen molar-refractivity contribution in [3.8, 4) is 11.1 Å². The second kappa shape index (κ2) is 8.47. The Morgan fingerprint density at radius 2 is 1.00 bits per heavy atom. The van der Waals surface area contributed by atoms with E-state index in [0.717, 1.165) is 11.5 Å². The molecule has 1 heterocycles. The Morgan fingerprint density at radius 1 is 0.679 bits per heavy atom. The highest BCUT2D eigenvalue weighted by Crippen LogP contribution is 2.36. The molecule has 28 heavy (non-hydrogen) atoms. The van der Waals surface area contributed by atoms with Crippen LogP contribution in [0.25, 0.3) is 11.1 Å². The van der Waals surface area contributed by atoms with Crippen molar-refractivity contribution in [2.45, 2.75) is 73.1 Å². The molecule has 0 unspecified atom stereocenters. The van der Waals surface area contributed by atoms with Gasteiger partial charge in [0.05, 0.1) is 10.8 Å². The maximum absolute atomic E-state index is 8.49. The van der Waals surface area contributed by atoms with Gasteiger partial charge in [-0.3, -0.25) is 0 Å². The average molecular weight is 411 g/mol. The van der Waals surface area contributed by atoms with E-state index >= 15 is 0 Å². The van der Waals surface area contributed by atoms with Gasteiger partial charge >= 0.3 is 11.5 Å². The molecule has 0 fully saturated rings. The Labute approximate surface area is 170 Å². The van der Waals surface area contributed by atoms with E-state index in [1.54, 1.807) is 0 Å². The quantitative estimate of drug-likeness (QED) is 0.668. The van der Waals surface area contributed by atoms with Crippen molar-refractivity contribution in [2.75, 3.05) is 0 Å². The van der Waals surface area contributed by atoms with E-state index in [4.69, 9.17) is 23.1 Å². The summed E-state index contributed by atoms with van der Waals surface area (Å²) in [5.74, 6) is 2.08. The summed E-state index contributed by atoms with van der Waals surface area (Å²) in [6, 6.07) is 8.97. The molecule has 5 nitrogen and oxygen atoms in total. The van der Waals surface area contributed by atoms with Crippen LogP contribution in [0.3, 0.4) is 0 Å². The normalized spacial score (nSPS) is 12.5. The molecule has 0 radical (unpaired) electrons. The molecule has 0 saturated carbocycles. The van der Waals surface area contributed by atoms with Gasteiger partial charge in [-0.2, -0.15) is 0 Å². The van der Waals surface area contributed by atoms with Crippen molar-refractivity contribution in [3.05, 3.63) is 52.5 Å². The first-order valence-electron chi connectivity index (χ1n) is 9.08. The molecule has 2 aromatic rings. The first kappa shape index (κ1) is 24.5. The van der Waals surface area contributed by atoms with Crippen molar-refractivity contribution in [1.29, 1.82) is 0 Å². The van der Waals surface area contributed by atoms with Crippen LogP contribution < -0.4 is 18.6 Å². The molecule has 0 amide bonds. The lowest BCUT2D eigenvalue weighted by molar-refractivity contribution is -2.00. The zero-order valence-corrected chi connectivity index (χ0v) is 19.0. The summed E-state index contributed by atoms with van der Waals surface area (Å²) < 4.78 is 40.2. The minimum atomic E-state index is -4.94. The molecule has 0 aliphatic carbocycles. The Morgan fingerprint density at radius 3 is 1.29 bits per heavy atom. The zero-order chi connectivity index (χ0) is 22.1. The van der Waals surface area contributed by atoms with Crippen molar-refractivity contribution in [1.82, 2.24) is 0 Å². The van der Waals surface area contributed by atoms with Crippen molar-refractivity contribution >= 4 is 0 Å². The molecule has 156 valence electrons. The molecule has 0 bridgehead atoms. The van der Waals surface area contributed by atoms with E-state index in [2.05, 4.69) is 86.6 Å². The summed E-state index contributed by atoms with van der Waals surface area (Å²) >= 11 is 0. The Bertz CT molecular complexity index is 763. The third-order valence-corrected chi connectivity index (χ3v) is 4.24. The second-order valence-electron chi connectivity index (χ2n) is 9.23. The molecule has 0 atom stereocenters. The Balaban J connectivity index is 0.000000696. The predicted molar refractivity (Wildman–Crippen MR) is 100 cm³/mol. The predicted octanol–water partition coefficient (Wildman–Crippen LogP) is 1.99. The summed E-state index contributed by atoms with van der Waals surface area (Å²) in [6.07, 6.45) is 0. The highest BCUT2D eigenvalue weighted by Gasteiger charge is 2.34. The van der Waals surface area contributed by atoms with Gasteiger partial charge in [-0.05, 0) is 79.0 Å². The van der Waals surface area contributed by atoms with Gasteiger partial charge in [0.25, 0.3) is 0 Å². The molecule has 0 spiro atoms. The smallest absolute Gasteiger partial charge is 0.222 e. The minimum absolute atomic E-state index is 0.0114. The first-order valence-corrected chi connectivity index (χ1v) is 10.3. The van der Waals surface area contributed by atoms with Gasteiger partial charge in [-0.25, -0.2) is 23.1 Å². The molecule has 2 rings (SSSR count). The average Bonchev–Trinajstić information content (AvgIpc) is 2.42. The van der Waals surface area contributed by atoms with Gasteiger partial charge in [0.2, 0.25) is 0 Å². The molecule has 0 aliphatic heterocycles. The third-order valence-electron chi connectivity index (χ3n) is 4.24. The molecular formula is C22H31ClO5. The third kappa shape index (κ3) is 7.49. The van der Waals surface area contributed by atoms with Gasteiger partial charge in [-0.15, -0.1) is 10.2 Å². The van der Waals surface area contributed by atoms with E-state index in [9.17, 15) is 0 Å². The Kier molecular flexibility index (Phi) is 7.43. The van der Waals surface area contributed by atoms with Crippen LogP contribution in [0.4, 0.5) is 0 Å². The first-order chi connectivity index (χ1) is 12.4. The molecule has 0 saturated heterocycles. The number of hydrogen-bond acceptors (Lipinski definition) is 4. The topological polar surface area (TPSA) is 104 Å². The van der Waals surface area contributed by atoms with Crippen LogP contribution in [-0.4, -0.2) is 0 Å². The fourth-order valence-corrected chi connectivity index (χ4v) is 3.02. The summed E-state index contributed by atoms with van der Waals surface area (Å²) in [7, 11) is -4.94. The summed E-state index contributed by atoms with van der Waals surface area (Å²) in [5, 5.41) is 0. The number of benzene rings is 1. The maximum atomic E-state index is 8.49. The lowest BCUT2D eigenvalue weighted by Crippen LogP contribution is -2.68. The monoisotopic (exact) mass is 410 g/mol. The maximum Gasteiger partial charge on any atom is 0.335 e. The molecule has 1 aromatic heterocycles. The highest BCUT2D eigenvalue weighted by atomic mass is 35.7. The van der Waals surface area contributed by atoms with Crippen LogP contribution >= 0.6 is 0 Å². The van der Waals surface area contributed by atoms with Gasteiger partial charge in [0, 0.05) is 17.7 Å². The molecule has 6 heteroatoms. The van der Waals surface area contributed by atoms with E-state index in [1.165, 1.54) is 27.8 Å². The highest BCUT2D eigenvalue weighted by molar-refractivity contribution is 5.72. The van der Waals surface area contributed by atoms with Crippen molar-refractivity contribution < 1.29 is 33.3 Å². The fraction of sp³-hybridized carbons (Fsp3) is 0.500. The van der Waals surface area contributed by atoms with Crippen LogP contribution in [0.1, 0.15) is 69.8 Å². The minimum Gasteiger partial charge on any atom is -0.222 e. The second-order valence-corrected chi connectivity index (χ2v) is 9.98. The number of aryl methyl sites for hydroxylation is 3. The van der Waals surface area contributed by atoms with E-state index in [-0.39, 0.29) is 10.8 Å². The zero-order valence-electron chi connectivity index (χ0n) is 18.2. The van der Waals surface area contributed by atoms with Crippen molar-refractivity contribution in [3.63, 3.8) is 0 Å². The largest absolute Gasteiger partial charge is 0.335 e. The standard InChI is InChI=1S/C22H31O.ClHO4/c1-14-10-15(2)20(16(3)11-14)17-12-18(21(4,5)6)23-19(13-17)22(7,8)9;2-1(3,4)5/h10-13H,1-9H3;(H,2,3,4,5)/q+1;/p-1. The Hall–Kier alpha value is -1.50. The number of rotatable bonds is 1. The molecule has 0 N–H and O–H groups in total. The van der Waals surface area contributed by atoms with Gasteiger partial charge in [-0.1, -0.05) is 17.7 Å². The van der Waals surface area contributed by atoms with Crippen LogP contribution in [-0.2, 0) is 10.8 Å². The van der Waals surface area contributed by atoms with Crippen LogP contribution in [0.2, 0.25) is 0 Å². The van der Waals surface area contributed by atoms with E-state index < -0.39 is 10.2 Å². The lowest BCUT2D eigenvalue weighted by Gasteiger charge is -2.17. The van der Waals surface area contributed by atoms with Crippen LogP contribution in [0, 0.1) is 31.0 Å². The van der Waals surface area contributed by atoms with Crippen LogP contribution in [0.5, 0.6) is 0 Å².